The zero-order valence-corrected chi connectivity index (χ0v) is 22.2. The van der Waals surface area contributed by atoms with Gasteiger partial charge >= 0.3 is 0 Å². The summed E-state index contributed by atoms with van der Waals surface area (Å²) in [6.45, 7) is 6.76. The van der Waals surface area contributed by atoms with Crippen LogP contribution in [0.3, 0.4) is 0 Å². The highest BCUT2D eigenvalue weighted by atomic mass is 32.2. The Kier molecular flexibility index (Phi) is 11.2. The van der Waals surface area contributed by atoms with Crippen LogP contribution in [0, 0.1) is 5.92 Å². The van der Waals surface area contributed by atoms with Gasteiger partial charge in [0, 0.05) is 12.6 Å². The molecule has 0 bridgehead atoms. The van der Waals surface area contributed by atoms with Crippen LogP contribution in [-0.4, -0.2) is 48.2 Å². The fourth-order valence-electron chi connectivity index (χ4n) is 3.68. The van der Waals surface area contributed by atoms with Crippen molar-refractivity contribution in [3.63, 3.8) is 0 Å². The number of carbonyl (C=O) groups excluding carboxylic acids is 1. The lowest BCUT2D eigenvalue weighted by Crippen LogP contribution is -2.42. The quantitative estimate of drug-likeness (QED) is 0.379. The number of rotatable bonds is 15. The molecule has 0 aliphatic heterocycles. The average Bonchev–Trinajstić information content (AvgIpc) is 2.87. The summed E-state index contributed by atoms with van der Waals surface area (Å²) in [5, 5.41) is 2.92. The van der Waals surface area contributed by atoms with Gasteiger partial charge in [0.2, 0.25) is 5.91 Å². The van der Waals surface area contributed by atoms with E-state index in [9.17, 15) is 13.2 Å². The van der Waals surface area contributed by atoms with Gasteiger partial charge in [-0.2, -0.15) is 0 Å². The van der Waals surface area contributed by atoms with Crippen molar-refractivity contribution in [2.45, 2.75) is 51.3 Å². The van der Waals surface area contributed by atoms with E-state index in [4.69, 9.17) is 14.2 Å². The summed E-state index contributed by atoms with van der Waals surface area (Å²) in [5.74, 6) is 1.31. The first-order valence-electron chi connectivity index (χ1n) is 12.0. The molecular weight excluding hydrogens is 468 g/mol. The maximum atomic E-state index is 13.7. The van der Waals surface area contributed by atoms with Gasteiger partial charge in [0.05, 0.1) is 31.4 Å². The summed E-state index contributed by atoms with van der Waals surface area (Å²) in [6.07, 6.45) is 4.17. The summed E-state index contributed by atoms with van der Waals surface area (Å²) in [7, 11) is -1.18. The standard InChI is InChI=1S/C26H38N2O6S/c1-6-9-10-20(7-2)18-27-26(29)19-28(21-11-13-22(14-12-21)34-8-3)35(30,31)23-15-16-24(32-4)25(17-23)33-5/h11-17,20H,6-10,18-19H2,1-5H3,(H,27,29)/t20-/m1/s1. The van der Waals surface area contributed by atoms with Gasteiger partial charge in [-0.25, -0.2) is 8.42 Å². The van der Waals surface area contributed by atoms with Gasteiger partial charge in [-0.15, -0.1) is 0 Å². The van der Waals surface area contributed by atoms with Gasteiger partial charge in [0.1, 0.15) is 12.3 Å². The number of amides is 1. The molecular formula is C26H38N2O6S. The van der Waals surface area contributed by atoms with Crippen LogP contribution in [-0.2, 0) is 14.8 Å². The molecule has 9 heteroatoms. The van der Waals surface area contributed by atoms with Crippen LogP contribution in [0.5, 0.6) is 17.2 Å². The lowest BCUT2D eigenvalue weighted by atomic mass is 9.99. The number of ether oxygens (including phenoxy) is 3. The zero-order chi connectivity index (χ0) is 25.8. The second-order valence-electron chi connectivity index (χ2n) is 8.18. The third-order valence-corrected chi connectivity index (χ3v) is 7.57. The molecule has 0 aliphatic carbocycles. The predicted octanol–water partition coefficient (Wildman–Crippen LogP) is 4.63. The monoisotopic (exact) mass is 506 g/mol. The Morgan fingerprint density at radius 1 is 1.00 bits per heavy atom. The van der Waals surface area contributed by atoms with E-state index >= 15 is 0 Å². The Morgan fingerprint density at radius 3 is 2.26 bits per heavy atom. The Morgan fingerprint density at radius 2 is 1.69 bits per heavy atom. The zero-order valence-electron chi connectivity index (χ0n) is 21.4. The maximum absolute atomic E-state index is 13.7. The molecule has 2 aromatic rings. The number of anilines is 1. The highest BCUT2D eigenvalue weighted by molar-refractivity contribution is 7.92. The Hall–Kier alpha value is -2.94. The SMILES string of the molecule is CCCC[C@@H](CC)CNC(=O)CN(c1ccc(OCC)cc1)S(=O)(=O)c1ccc(OC)c(OC)c1. The molecule has 1 amide bonds. The summed E-state index contributed by atoms with van der Waals surface area (Å²) in [5.41, 5.74) is 0.358. The van der Waals surface area contributed by atoms with Gasteiger partial charge in [0.25, 0.3) is 10.0 Å². The molecule has 1 atom stereocenters. The van der Waals surface area contributed by atoms with E-state index < -0.39 is 10.0 Å². The van der Waals surface area contributed by atoms with Crippen molar-refractivity contribution in [3.8, 4) is 17.2 Å². The number of sulfonamides is 1. The molecule has 0 aromatic heterocycles. The second-order valence-corrected chi connectivity index (χ2v) is 10.0. The molecule has 1 N–H and O–H groups in total. The molecule has 194 valence electrons. The van der Waals surface area contributed by atoms with Crippen molar-refractivity contribution in [3.05, 3.63) is 42.5 Å². The highest BCUT2D eigenvalue weighted by Crippen LogP contribution is 2.32. The lowest BCUT2D eigenvalue weighted by Gasteiger charge is -2.25. The normalized spacial score (nSPS) is 12.0. The van der Waals surface area contributed by atoms with Crippen molar-refractivity contribution in [1.82, 2.24) is 5.32 Å². The van der Waals surface area contributed by atoms with Gasteiger partial charge in [-0.1, -0.05) is 33.1 Å². The van der Waals surface area contributed by atoms with Crippen molar-refractivity contribution >= 4 is 21.6 Å². The maximum Gasteiger partial charge on any atom is 0.264 e. The number of hydrogen-bond donors (Lipinski definition) is 1. The molecule has 0 heterocycles. The molecule has 0 saturated heterocycles. The van der Waals surface area contributed by atoms with E-state index in [0.717, 1.165) is 30.0 Å². The van der Waals surface area contributed by atoms with E-state index in [2.05, 4.69) is 19.2 Å². The Labute approximate surface area is 209 Å². The minimum absolute atomic E-state index is 0.00813. The van der Waals surface area contributed by atoms with Crippen LogP contribution in [0.15, 0.2) is 47.4 Å². The number of benzene rings is 2. The van der Waals surface area contributed by atoms with E-state index in [-0.39, 0.29) is 23.1 Å². The molecule has 0 aliphatic rings. The minimum Gasteiger partial charge on any atom is -0.494 e. The first kappa shape index (κ1) is 28.3. The van der Waals surface area contributed by atoms with E-state index in [0.29, 0.717) is 36.3 Å². The number of unbranched alkanes of at least 4 members (excludes halogenated alkanes) is 1. The molecule has 0 fully saturated rings. The fraction of sp³-hybridized carbons (Fsp3) is 0.500. The summed E-state index contributed by atoms with van der Waals surface area (Å²) < 4.78 is 44.5. The van der Waals surface area contributed by atoms with Crippen LogP contribution in [0.2, 0.25) is 0 Å². The Balaban J connectivity index is 2.35. The number of nitrogens with one attached hydrogen (secondary N) is 1. The van der Waals surface area contributed by atoms with Crippen molar-refractivity contribution in [1.29, 1.82) is 0 Å². The van der Waals surface area contributed by atoms with Crippen LogP contribution in [0.4, 0.5) is 5.69 Å². The molecule has 8 nitrogen and oxygen atoms in total. The number of nitrogens with zero attached hydrogens (tertiary/aromatic N) is 1. The minimum atomic E-state index is -4.09. The fourth-order valence-corrected chi connectivity index (χ4v) is 5.12. The molecule has 2 aromatic carbocycles. The first-order valence-corrected chi connectivity index (χ1v) is 13.5. The Bertz CT molecular complexity index is 1040. The van der Waals surface area contributed by atoms with Gasteiger partial charge in [-0.3, -0.25) is 9.10 Å². The van der Waals surface area contributed by atoms with Crippen LogP contribution >= 0.6 is 0 Å². The molecule has 0 spiro atoms. The summed E-state index contributed by atoms with van der Waals surface area (Å²) in [6, 6.07) is 11.0. The van der Waals surface area contributed by atoms with E-state index in [1.807, 2.05) is 6.92 Å². The van der Waals surface area contributed by atoms with Crippen LogP contribution < -0.4 is 23.8 Å². The van der Waals surface area contributed by atoms with Crippen molar-refractivity contribution < 1.29 is 27.4 Å². The number of methoxy groups -OCH3 is 2. The third-order valence-electron chi connectivity index (χ3n) is 5.80. The molecule has 35 heavy (non-hydrogen) atoms. The van der Waals surface area contributed by atoms with Gasteiger partial charge in [0.15, 0.2) is 11.5 Å². The first-order chi connectivity index (χ1) is 16.8. The lowest BCUT2D eigenvalue weighted by molar-refractivity contribution is -0.119. The third kappa shape index (κ3) is 7.78. The highest BCUT2D eigenvalue weighted by Gasteiger charge is 2.28. The van der Waals surface area contributed by atoms with E-state index in [1.54, 1.807) is 24.3 Å². The smallest absolute Gasteiger partial charge is 0.264 e. The summed E-state index contributed by atoms with van der Waals surface area (Å²) >= 11 is 0. The largest absolute Gasteiger partial charge is 0.494 e. The van der Waals surface area contributed by atoms with Crippen LogP contribution in [0.1, 0.15) is 46.5 Å². The molecule has 0 saturated carbocycles. The summed E-state index contributed by atoms with van der Waals surface area (Å²) in [4.78, 5) is 12.9. The topological polar surface area (TPSA) is 94.2 Å². The molecule has 0 unspecified atom stereocenters. The van der Waals surface area contributed by atoms with Gasteiger partial charge < -0.3 is 19.5 Å². The van der Waals surface area contributed by atoms with Gasteiger partial charge in [-0.05, 0) is 55.7 Å². The average molecular weight is 507 g/mol. The van der Waals surface area contributed by atoms with Crippen molar-refractivity contribution in [2.75, 3.05) is 38.2 Å². The van der Waals surface area contributed by atoms with E-state index in [1.165, 1.54) is 32.4 Å². The second kappa shape index (κ2) is 13.8. The number of hydrogen-bond acceptors (Lipinski definition) is 6. The van der Waals surface area contributed by atoms with Crippen LogP contribution in [0.25, 0.3) is 0 Å². The van der Waals surface area contributed by atoms with Crippen molar-refractivity contribution in [2.24, 2.45) is 5.92 Å². The predicted molar refractivity (Wildman–Crippen MR) is 138 cm³/mol. The molecule has 2 rings (SSSR count). The molecule has 0 radical (unpaired) electrons. The number of carbonyl (C=O) groups is 1.